The van der Waals surface area contributed by atoms with Crippen LogP contribution in [-0.4, -0.2) is 30.6 Å². The quantitative estimate of drug-likeness (QED) is 0.606. The lowest BCUT2D eigenvalue weighted by atomic mass is 9.46. The highest BCUT2D eigenvalue weighted by Gasteiger charge is 2.63. The zero-order valence-corrected chi connectivity index (χ0v) is 18.3. The smallest absolute Gasteiger partial charge is 0.162 e. The summed E-state index contributed by atoms with van der Waals surface area (Å²) in [5.74, 6) is 1.53. The van der Waals surface area contributed by atoms with Crippen molar-refractivity contribution in [3.05, 3.63) is 11.6 Å². The van der Waals surface area contributed by atoms with E-state index in [1.165, 1.54) is 5.57 Å². The van der Waals surface area contributed by atoms with Gasteiger partial charge in [-0.3, -0.25) is 14.4 Å². The first-order chi connectivity index (χ1) is 13.8. The molecule has 0 unspecified atom stereocenters. The molecule has 0 saturated heterocycles. The van der Waals surface area contributed by atoms with Crippen molar-refractivity contribution in [2.45, 2.75) is 78.6 Å². The van der Waals surface area contributed by atoms with Crippen molar-refractivity contribution in [1.29, 1.82) is 0 Å². The largest absolute Gasteiger partial charge is 0.374 e. The van der Waals surface area contributed by atoms with E-state index >= 15 is 0 Å². The molecule has 6 atom stereocenters. The number of hydrogen-bond acceptors (Lipinski definition) is 4. The third-order valence-corrected chi connectivity index (χ3v) is 8.92. The first kappa shape index (κ1) is 21.0. The van der Waals surface area contributed by atoms with Crippen LogP contribution in [0.4, 0.5) is 0 Å². The minimum Gasteiger partial charge on any atom is -0.374 e. The van der Waals surface area contributed by atoms with Gasteiger partial charge >= 0.3 is 0 Å². The van der Waals surface area contributed by atoms with Gasteiger partial charge in [0.2, 0.25) is 0 Å². The van der Waals surface area contributed by atoms with Crippen molar-refractivity contribution in [2.24, 2.45) is 34.5 Å². The molecular formula is C25H36O4. The van der Waals surface area contributed by atoms with Crippen LogP contribution in [-0.2, 0) is 19.1 Å². The zero-order chi connectivity index (χ0) is 20.8. The Balaban J connectivity index is 1.55. The van der Waals surface area contributed by atoms with Crippen LogP contribution in [0.3, 0.4) is 0 Å². The maximum Gasteiger partial charge on any atom is 0.162 e. The van der Waals surface area contributed by atoms with Gasteiger partial charge in [-0.15, -0.1) is 0 Å². The number of fused-ring (bicyclic) bond motifs is 5. The number of hydrogen-bond donors (Lipinski definition) is 0. The lowest BCUT2D eigenvalue weighted by molar-refractivity contribution is -0.149. The molecule has 0 radical (unpaired) electrons. The summed E-state index contributed by atoms with van der Waals surface area (Å²) >= 11 is 0. The van der Waals surface area contributed by atoms with E-state index in [0.29, 0.717) is 37.1 Å². The molecule has 0 aromatic carbocycles. The molecule has 4 aliphatic rings. The van der Waals surface area contributed by atoms with Gasteiger partial charge in [0.1, 0.15) is 12.4 Å². The Labute approximate surface area is 174 Å². The van der Waals surface area contributed by atoms with Crippen molar-refractivity contribution < 1.29 is 19.1 Å². The molecule has 4 rings (SSSR count). The first-order valence-corrected chi connectivity index (χ1v) is 11.7. The number of Topliss-reactive ketones (excluding diaryl/α,β-unsaturated/α-hetero) is 2. The Morgan fingerprint density at radius 2 is 1.97 bits per heavy atom. The number of ether oxygens (including phenoxy) is 1. The molecule has 4 aliphatic carbocycles. The van der Waals surface area contributed by atoms with Gasteiger partial charge in [-0.05, 0) is 67.3 Å². The molecule has 3 saturated carbocycles. The van der Waals surface area contributed by atoms with E-state index < -0.39 is 0 Å². The number of ketones is 3. The predicted octanol–water partition coefficient (Wildman–Crippen LogP) is 4.70. The summed E-state index contributed by atoms with van der Waals surface area (Å²) in [5, 5.41) is 0. The van der Waals surface area contributed by atoms with Crippen LogP contribution in [0, 0.1) is 34.5 Å². The van der Waals surface area contributed by atoms with Crippen molar-refractivity contribution in [2.75, 3.05) is 13.2 Å². The molecule has 160 valence electrons. The van der Waals surface area contributed by atoms with E-state index in [1.807, 2.05) is 6.08 Å². The molecule has 0 aromatic heterocycles. The minimum absolute atomic E-state index is 0.0309. The van der Waals surface area contributed by atoms with Crippen molar-refractivity contribution in [1.82, 2.24) is 0 Å². The summed E-state index contributed by atoms with van der Waals surface area (Å²) in [6.07, 6.45) is 9.64. The predicted molar refractivity (Wildman–Crippen MR) is 111 cm³/mol. The van der Waals surface area contributed by atoms with Crippen LogP contribution in [0.2, 0.25) is 0 Å². The highest BCUT2D eigenvalue weighted by molar-refractivity contribution is 5.93. The summed E-state index contributed by atoms with van der Waals surface area (Å²) in [6.45, 7) is 7.38. The molecule has 0 aromatic rings. The van der Waals surface area contributed by atoms with Crippen LogP contribution < -0.4 is 0 Å². The number of carbonyl (C=O) groups excluding carboxylic acids is 3. The zero-order valence-electron chi connectivity index (χ0n) is 18.3. The lowest BCUT2D eigenvalue weighted by Crippen LogP contribution is -2.55. The van der Waals surface area contributed by atoms with Gasteiger partial charge in [-0.2, -0.15) is 0 Å². The average Bonchev–Trinajstić information content (AvgIpc) is 3.02. The molecule has 4 nitrogen and oxygen atoms in total. The normalized spacial score (nSPS) is 41.4. The molecule has 0 bridgehead atoms. The molecule has 0 amide bonds. The molecular weight excluding hydrogens is 364 g/mol. The van der Waals surface area contributed by atoms with Crippen LogP contribution in [0.1, 0.15) is 78.6 Å². The second-order valence-corrected chi connectivity index (χ2v) is 10.5. The molecule has 0 spiro atoms. The monoisotopic (exact) mass is 400 g/mol. The summed E-state index contributed by atoms with van der Waals surface area (Å²) in [6, 6.07) is 0. The van der Waals surface area contributed by atoms with E-state index in [1.54, 1.807) is 0 Å². The number of allylic oxidation sites excluding steroid dienone is 1. The number of rotatable bonds is 6. The fourth-order valence-electron chi connectivity index (χ4n) is 7.43. The van der Waals surface area contributed by atoms with Gasteiger partial charge in [0.05, 0.1) is 0 Å². The first-order valence-electron chi connectivity index (χ1n) is 11.7. The topological polar surface area (TPSA) is 60.4 Å². The Morgan fingerprint density at radius 3 is 2.72 bits per heavy atom. The van der Waals surface area contributed by atoms with Crippen LogP contribution in [0.5, 0.6) is 0 Å². The fourth-order valence-corrected chi connectivity index (χ4v) is 7.43. The van der Waals surface area contributed by atoms with Gasteiger partial charge in [-0.1, -0.05) is 32.8 Å². The molecule has 0 heterocycles. The lowest BCUT2D eigenvalue weighted by Gasteiger charge is -2.56. The van der Waals surface area contributed by atoms with E-state index in [4.69, 9.17) is 4.74 Å². The average molecular weight is 401 g/mol. The van der Waals surface area contributed by atoms with Gasteiger partial charge in [-0.25, -0.2) is 0 Å². The van der Waals surface area contributed by atoms with E-state index in [2.05, 4.69) is 20.8 Å². The minimum atomic E-state index is -0.217. The van der Waals surface area contributed by atoms with E-state index in [0.717, 1.165) is 44.9 Å². The second-order valence-electron chi connectivity index (χ2n) is 10.5. The summed E-state index contributed by atoms with van der Waals surface area (Å²) in [7, 11) is 0. The fraction of sp³-hybridized carbons (Fsp3) is 0.800. The SMILES string of the molecule is CCCCOCC(=O)[C@H]1CC[C@H]2[C@@H]3CCC4=CC(=O)CC[C@]4(C)[C@H]3C(=O)C[C@]12C. The standard InChI is InChI=1S/C25H36O4/c1-4-5-12-29-15-22(28)20-9-8-19-18-7-6-16-13-17(26)10-11-24(16,2)23(18)21(27)14-25(19,20)3/h13,18-20,23H,4-12,14-15H2,1-3H3/t18-,19-,20+,23+,24-,25-/m0/s1. The van der Waals surface area contributed by atoms with Gasteiger partial charge in [0, 0.05) is 31.3 Å². The van der Waals surface area contributed by atoms with Gasteiger partial charge in [0.15, 0.2) is 11.6 Å². The van der Waals surface area contributed by atoms with Gasteiger partial charge in [0.25, 0.3) is 0 Å². The Morgan fingerprint density at radius 1 is 1.17 bits per heavy atom. The summed E-state index contributed by atoms with van der Waals surface area (Å²) in [5.41, 5.74) is 0.841. The number of unbranched alkanes of at least 4 members (excludes halogenated alkanes) is 1. The van der Waals surface area contributed by atoms with E-state index in [-0.39, 0.29) is 40.8 Å². The van der Waals surface area contributed by atoms with E-state index in [9.17, 15) is 14.4 Å². The maximum absolute atomic E-state index is 13.5. The van der Waals surface area contributed by atoms with Crippen molar-refractivity contribution in [3.63, 3.8) is 0 Å². The third-order valence-electron chi connectivity index (χ3n) is 8.92. The highest BCUT2D eigenvalue weighted by atomic mass is 16.5. The highest BCUT2D eigenvalue weighted by Crippen LogP contribution is 2.65. The molecule has 4 heteroatoms. The Hall–Kier alpha value is -1.29. The molecule has 0 N–H and O–H groups in total. The molecule has 0 aliphatic heterocycles. The Kier molecular flexibility index (Phi) is 5.61. The third kappa shape index (κ3) is 3.36. The van der Waals surface area contributed by atoms with Crippen LogP contribution in [0.15, 0.2) is 11.6 Å². The van der Waals surface area contributed by atoms with Gasteiger partial charge < -0.3 is 4.74 Å². The van der Waals surface area contributed by atoms with Crippen molar-refractivity contribution in [3.8, 4) is 0 Å². The summed E-state index contributed by atoms with van der Waals surface area (Å²) in [4.78, 5) is 38.5. The second kappa shape index (κ2) is 7.76. The van der Waals surface area contributed by atoms with Crippen molar-refractivity contribution >= 4 is 17.3 Å². The number of carbonyl (C=O) groups is 3. The van der Waals surface area contributed by atoms with Crippen LogP contribution in [0.25, 0.3) is 0 Å². The summed E-state index contributed by atoms with van der Waals surface area (Å²) < 4.78 is 5.63. The Bertz CT molecular complexity index is 737. The molecule has 29 heavy (non-hydrogen) atoms. The van der Waals surface area contributed by atoms with Crippen LogP contribution >= 0.6 is 0 Å². The molecule has 3 fully saturated rings. The maximum atomic E-state index is 13.5.